The summed E-state index contributed by atoms with van der Waals surface area (Å²) in [6.45, 7) is 3.41. The van der Waals surface area contributed by atoms with Gasteiger partial charge in [-0.05, 0) is 36.8 Å². The SMILES string of the molecule is CC(=O)Nc1cccc(NC(=O)CCc2nnc(-c3ccccc3C)o2)c1. The number of rotatable bonds is 6. The third kappa shape index (κ3) is 5.01. The maximum absolute atomic E-state index is 12.2. The number of aromatic nitrogens is 2. The van der Waals surface area contributed by atoms with Crippen molar-refractivity contribution in [3.8, 4) is 11.5 Å². The van der Waals surface area contributed by atoms with Crippen molar-refractivity contribution >= 4 is 23.2 Å². The molecule has 0 fully saturated rings. The van der Waals surface area contributed by atoms with E-state index >= 15 is 0 Å². The van der Waals surface area contributed by atoms with Crippen LogP contribution in [0.15, 0.2) is 52.9 Å². The molecule has 1 aromatic heterocycles. The first kappa shape index (κ1) is 18.3. The van der Waals surface area contributed by atoms with Gasteiger partial charge >= 0.3 is 0 Å². The summed E-state index contributed by atoms with van der Waals surface area (Å²) >= 11 is 0. The average Bonchev–Trinajstić information content (AvgIpc) is 3.09. The number of hydrogen-bond acceptors (Lipinski definition) is 5. The second-order valence-electron chi connectivity index (χ2n) is 6.13. The van der Waals surface area contributed by atoms with Crippen LogP contribution in [0, 0.1) is 6.92 Å². The van der Waals surface area contributed by atoms with Gasteiger partial charge in [-0.15, -0.1) is 10.2 Å². The molecule has 0 saturated heterocycles. The normalized spacial score (nSPS) is 10.4. The quantitative estimate of drug-likeness (QED) is 0.697. The van der Waals surface area contributed by atoms with Crippen LogP contribution >= 0.6 is 0 Å². The molecule has 0 unspecified atom stereocenters. The summed E-state index contributed by atoms with van der Waals surface area (Å²) in [4.78, 5) is 23.3. The van der Waals surface area contributed by atoms with Crippen molar-refractivity contribution in [3.05, 3.63) is 60.0 Å². The number of nitrogens with zero attached hydrogens (tertiary/aromatic N) is 2. The van der Waals surface area contributed by atoms with Crippen LogP contribution in [-0.2, 0) is 16.0 Å². The standard InChI is InChI=1S/C20H20N4O3/c1-13-6-3-4-9-17(13)20-24-23-19(27-20)11-10-18(26)22-16-8-5-7-15(12-16)21-14(2)25/h3-9,12H,10-11H2,1-2H3,(H,21,25)(H,22,26). The van der Waals surface area contributed by atoms with Gasteiger partial charge in [0, 0.05) is 36.7 Å². The molecule has 0 aliphatic heterocycles. The van der Waals surface area contributed by atoms with Crippen LogP contribution in [0.4, 0.5) is 11.4 Å². The minimum Gasteiger partial charge on any atom is -0.421 e. The van der Waals surface area contributed by atoms with Crippen molar-refractivity contribution < 1.29 is 14.0 Å². The number of anilines is 2. The maximum atomic E-state index is 12.2. The maximum Gasteiger partial charge on any atom is 0.247 e. The Balaban J connectivity index is 1.57. The first-order valence-corrected chi connectivity index (χ1v) is 8.57. The van der Waals surface area contributed by atoms with Gasteiger partial charge in [-0.2, -0.15) is 0 Å². The summed E-state index contributed by atoms with van der Waals surface area (Å²) in [6, 6.07) is 14.7. The molecule has 0 atom stereocenters. The summed E-state index contributed by atoms with van der Waals surface area (Å²) in [7, 11) is 0. The Morgan fingerprint density at radius 1 is 1.00 bits per heavy atom. The lowest BCUT2D eigenvalue weighted by atomic mass is 10.1. The minimum absolute atomic E-state index is 0.167. The van der Waals surface area contributed by atoms with E-state index in [1.807, 2.05) is 31.2 Å². The molecule has 0 bridgehead atoms. The van der Waals surface area contributed by atoms with E-state index < -0.39 is 0 Å². The molecule has 0 saturated carbocycles. The fourth-order valence-corrected chi connectivity index (χ4v) is 2.60. The van der Waals surface area contributed by atoms with Crippen molar-refractivity contribution in [1.82, 2.24) is 10.2 Å². The van der Waals surface area contributed by atoms with E-state index in [-0.39, 0.29) is 18.2 Å². The molecule has 0 aliphatic carbocycles. The van der Waals surface area contributed by atoms with Gasteiger partial charge in [0.1, 0.15) is 0 Å². The number of carbonyl (C=O) groups is 2. The predicted octanol–water partition coefficient (Wildman–Crippen LogP) is 3.57. The zero-order valence-corrected chi connectivity index (χ0v) is 15.2. The molecule has 7 heteroatoms. The van der Waals surface area contributed by atoms with Gasteiger partial charge < -0.3 is 15.1 Å². The lowest BCUT2D eigenvalue weighted by Gasteiger charge is -2.07. The highest BCUT2D eigenvalue weighted by Crippen LogP contribution is 2.22. The highest BCUT2D eigenvalue weighted by molar-refractivity contribution is 5.93. The molecule has 0 radical (unpaired) electrons. The molecule has 3 aromatic rings. The van der Waals surface area contributed by atoms with Crippen molar-refractivity contribution in [2.45, 2.75) is 26.7 Å². The zero-order chi connectivity index (χ0) is 19.2. The van der Waals surface area contributed by atoms with E-state index in [0.29, 0.717) is 29.6 Å². The van der Waals surface area contributed by atoms with E-state index in [9.17, 15) is 9.59 Å². The van der Waals surface area contributed by atoms with Gasteiger partial charge in [0.2, 0.25) is 23.6 Å². The molecular weight excluding hydrogens is 344 g/mol. The Morgan fingerprint density at radius 2 is 1.74 bits per heavy atom. The Morgan fingerprint density at radius 3 is 2.48 bits per heavy atom. The smallest absolute Gasteiger partial charge is 0.247 e. The van der Waals surface area contributed by atoms with Gasteiger partial charge in [0.15, 0.2) is 0 Å². The van der Waals surface area contributed by atoms with Crippen LogP contribution in [0.1, 0.15) is 24.8 Å². The largest absolute Gasteiger partial charge is 0.421 e. The molecule has 3 rings (SSSR count). The average molecular weight is 364 g/mol. The minimum atomic E-state index is -0.175. The Bertz CT molecular complexity index is 965. The topological polar surface area (TPSA) is 97.1 Å². The fourth-order valence-electron chi connectivity index (χ4n) is 2.60. The number of hydrogen-bond donors (Lipinski definition) is 2. The number of amides is 2. The summed E-state index contributed by atoms with van der Waals surface area (Å²) in [6.07, 6.45) is 0.551. The first-order chi connectivity index (χ1) is 13.0. The van der Waals surface area contributed by atoms with Crippen LogP contribution in [-0.4, -0.2) is 22.0 Å². The van der Waals surface area contributed by atoms with Gasteiger partial charge in [-0.1, -0.05) is 24.3 Å². The zero-order valence-electron chi connectivity index (χ0n) is 15.2. The highest BCUT2D eigenvalue weighted by Gasteiger charge is 2.12. The van der Waals surface area contributed by atoms with E-state index in [1.54, 1.807) is 24.3 Å². The van der Waals surface area contributed by atoms with Crippen molar-refractivity contribution in [2.75, 3.05) is 10.6 Å². The second-order valence-corrected chi connectivity index (χ2v) is 6.13. The predicted molar refractivity (Wildman–Crippen MR) is 102 cm³/mol. The number of nitrogens with one attached hydrogen (secondary N) is 2. The molecule has 2 amide bonds. The van der Waals surface area contributed by atoms with Crippen LogP contribution in [0.3, 0.4) is 0 Å². The molecular formula is C20H20N4O3. The summed E-state index contributed by atoms with van der Waals surface area (Å²) in [5.41, 5.74) is 3.16. The van der Waals surface area contributed by atoms with Crippen LogP contribution in [0.5, 0.6) is 0 Å². The Kier molecular flexibility index (Phi) is 5.61. The van der Waals surface area contributed by atoms with E-state index in [2.05, 4.69) is 20.8 Å². The van der Waals surface area contributed by atoms with E-state index in [0.717, 1.165) is 11.1 Å². The number of carbonyl (C=O) groups excluding carboxylic acids is 2. The molecule has 27 heavy (non-hydrogen) atoms. The lowest BCUT2D eigenvalue weighted by molar-refractivity contribution is -0.116. The van der Waals surface area contributed by atoms with E-state index in [4.69, 9.17) is 4.42 Å². The van der Waals surface area contributed by atoms with E-state index in [1.165, 1.54) is 6.92 Å². The van der Waals surface area contributed by atoms with Crippen LogP contribution in [0.2, 0.25) is 0 Å². The number of aryl methyl sites for hydroxylation is 2. The van der Waals surface area contributed by atoms with Crippen LogP contribution < -0.4 is 10.6 Å². The van der Waals surface area contributed by atoms with Gasteiger partial charge in [0.25, 0.3) is 0 Å². The highest BCUT2D eigenvalue weighted by atomic mass is 16.4. The van der Waals surface area contributed by atoms with Crippen LogP contribution in [0.25, 0.3) is 11.5 Å². The first-order valence-electron chi connectivity index (χ1n) is 8.57. The van der Waals surface area contributed by atoms with Crippen molar-refractivity contribution in [1.29, 1.82) is 0 Å². The monoisotopic (exact) mass is 364 g/mol. The fraction of sp³-hybridized carbons (Fsp3) is 0.200. The van der Waals surface area contributed by atoms with Gasteiger partial charge in [-0.3, -0.25) is 9.59 Å². The Labute approximate surface area is 156 Å². The molecule has 0 spiro atoms. The lowest BCUT2D eigenvalue weighted by Crippen LogP contribution is -2.13. The third-order valence-electron chi connectivity index (χ3n) is 3.87. The molecule has 2 N–H and O–H groups in total. The third-order valence-corrected chi connectivity index (χ3v) is 3.87. The molecule has 0 aliphatic rings. The van der Waals surface area contributed by atoms with Gasteiger partial charge in [0.05, 0.1) is 0 Å². The van der Waals surface area contributed by atoms with Gasteiger partial charge in [-0.25, -0.2) is 0 Å². The summed E-state index contributed by atoms with van der Waals surface area (Å²) in [5.74, 6) is 0.520. The summed E-state index contributed by atoms with van der Waals surface area (Å²) in [5, 5.41) is 13.5. The van der Waals surface area contributed by atoms with Crippen molar-refractivity contribution in [3.63, 3.8) is 0 Å². The molecule has 138 valence electrons. The van der Waals surface area contributed by atoms with Crippen molar-refractivity contribution in [2.24, 2.45) is 0 Å². The Hall–Kier alpha value is -3.48. The summed E-state index contributed by atoms with van der Waals surface area (Å²) < 4.78 is 5.66. The molecule has 1 heterocycles. The number of benzene rings is 2. The second kappa shape index (κ2) is 8.27. The molecule has 2 aromatic carbocycles. The molecule has 7 nitrogen and oxygen atoms in total.